The van der Waals surface area contributed by atoms with Gasteiger partial charge >= 0.3 is 6.03 Å². The minimum atomic E-state index is -0.552. The summed E-state index contributed by atoms with van der Waals surface area (Å²) in [6.45, 7) is 1.92. The second kappa shape index (κ2) is 4.36. The number of hydrogen-bond acceptors (Lipinski definition) is 3. The molecule has 0 unspecified atom stereocenters. The summed E-state index contributed by atoms with van der Waals surface area (Å²) in [5.41, 5.74) is 1.50. The Morgan fingerprint density at radius 3 is 2.36 bits per heavy atom. The molecule has 0 bridgehead atoms. The van der Waals surface area contributed by atoms with Gasteiger partial charge < -0.3 is 5.32 Å². The summed E-state index contributed by atoms with van der Waals surface area (Å²) in [6, 6.07) is 6.37. The molecule has 0 spiro atoms. The zero-order valence-electron chi connectivity index (χ0n) is 8.02. The first-order chi connectivity index (χ1) is 6.69. The van der Waals surface area contributed by atoms with E-state index in [-0.39, 0.29) is 0 Å². The highest BCUT2D eigenvalue weighted by atomic mass is 16.3. The molecule has 0 saturated heterocycles. The van der Waals surface area contributed by atoms with Crippen molar-refractivity contribution in [2.75, 3.05) is 12.1 Å². The van der Waals surface area contributed by atoms with Crippen LogP contribution in [0.3, 0.4) is 0 Å². The molecule has 0 heterocycles. The number of amides is 2. The molecule has 74 valence electrons. The minimum Gasteiger partial charge on any atom is -0.339 e. The molecular weight excluding hydrogens is 182 g/mol. The highest BCUT2D eigenvalue weighted by Crippen LogP contribution is 2.15. The number of carbonyl (C=O) groups is 1. The minimum absolute atomic E-state index is 0.449. The van der Waals surface area contributed by atoms with Crippen LogP contribution in [0.25, 0.3) is 0 Å². The van der Waals surface area contributed by atoms with Crippen LogP contribution in [0, 0.1) is 11.8 Å². The second-order valence-corrected chi connectivity index (χ2v) is 2.78. The van der Waals surface area contributed by atoms with Crippen LogP contribution in [0.4, 0.5) is 10.5 Å². The van der Waals surface area contributed by atoms with Crippen LogP contribution in [0.2, 0.25) is 0 Å². The number of benzene rings is 1. The summed E-state index contributed by atoms with van der Waals surface area (Å²) < 4.78 is 0. The first-order valence-electron chi connectivity index (χ1n) is 4.11. The van der Waals surface area contributed by atoms with Crippen molar-refractivity contribution in [3.05, 3.63) is 34.7 Å². The third kappa shape index (κ3) is 2.07. The SMILES string of the molecule is CNC(=O)N(N=O)c1ccc(C)cc1. The molecule has 1 aromatic rings. The number of rotatable bonds is 2. The fourth-order valence-electron chi connectivity index (χ4n) is 0.993. The Labute approximate surface area is 81.7 Å². The van der Waals surface area contributed by atoms with Gasteiger partial charge in [-0.2, -0.15) is 0 Å². The van der Waals surface area contributed by atoms with Crippen LogP contribution < -0.4 is 10.3 Å². The number of hydrogen-bond donors (Lipinski definition) is 1. The molecule has 0 atom stereocenters. The van der Waals surface area contributed by atoms with Crippen molar-refractivity contribution in [1.82, 2.24) is 5.32 Å². The van der Waals surface area contributed by atoms with Gasteiger partial charge in [0.15, 0.2) is 0 Å². The number of urea groups is 1. The lowest BCUT2D eigenvalue weighted by atomic mass is 10.2. The summed E-state index contributed by atoms with van der Waals surface area (Å²) in [4.78, 5) is 21.6. The van der Waals surface area contributed by atoms with Crippen LogP contribution in [0.1, 0.15) is 5.56 Å². The largest absolute Gasteiger partial charge is 0.344 e. The van der Waals surface area contributed by atoms with E-state index in [0.29, 0.717) is 5.69 Å². The summed E-state index contributed by atoms with van der Waals surface area (Å²) in [6.07, 6.45) is 0. The van der Waals surface area contributed by atoms with Crippen LogP contribution in [-0.4, -0.2) is 13.1 Å². The van der Waals surface area contributed by atoms with Gasteiger partial charge in [-0.25, -0.2) is 4.79 Å². The fourth-order valence-corrected chi connectivity index (χ4v) is 0.993. The molecule has 0 aromatic heterocycles. The topological polar surface area (TPSA) is 61.8 Å². The zero-order valence-corrected chi connectivity index (χ0v) is 8.02. The quantitative estimate of drug-likeness (QED) is 0.575. The van der Waals surface area contributed by atoms with Crippen LogP contribution in [0.15, 0.2) is 29.6 Å². The van der Waals surface area contributed by atoms with Crippen molar-refractivity contribution in [2.24, 2.45) is 5.29 Å². The number of aryl methyl sites for hydroxylation is 1. The molecule has 0 saturated carbocycles. The van der Waals surface area contributed by atoms with E-state index in [1.165, 1.54) is 7.05 Å². The molecule has 1 N–H and O–H groups in total. The lowest BCUT2D eigenvalue weighted by molar-refractivity contribution is 0.248. The number of nitrogens with zero attached hydrogens (tertiary/aromatic N) is 2. The number of nitrogens with one attached hydrogen (secondary N) is 1. The smallest absolute Gasteiger partial charge is 0.339 e. The maximum absolute atomic E-state index is 11.1. The standard InChI is InChI=1S/C9H11N3O2/c1-7-3-5-8(6-4-7)12(11-14)9(13)10-2/h3-6H,1-2H3,(H,10,13). The van der Waals surface area contributed by atoms with Gasteiger partial charge in [0.2, 0.25) is 0 Å². The van der Waals surface area contributed by atoms with Crippen molar-refractivity contribution in [3.63, 3.8) is 0 Å². The molecule has 1 rings (SSSR count). The van der Waals surface area contributed by atoms with E-state index in [1.54, 1.807) is 24.3 Å². The monoisotopic (exact) mass is 193 g/mol. The first kappa shape index (κ1) is 10.2. The Hall–Kier alpha value is -1.91. The molecule has 14 heavy (non-hydrogen) atoms. The molecule has 1 aromatic carbocycles. The van der Waals surface area contributed by atoms with Crippen molar-refractivity contribution < 1.29 is 4.79 Å². The van der Waals surface area contributed by atoms with Gasteiger partial charge in [-0.05, 0) is 19.1 Å². The molecule has 0 aliphatic heterocycles. The van der Waals surface area contributed by atoms with Crippen LogP contribution in [-0.2, 0) is 0 Å². The van der Waals surface area contributed by atoms with Crippen molar-refractivity contribution in [2.45, 2.75) is 6.92 Å². The first-order valence-corrected chi connectivity index (χ1v) is 4.11. The summed E-state index contributed by atoms with van der Waals surface area (Å²) >= 11 is 0. The Balaban J connectivity index is 2.95. The molecule has 0 aliphatic rings. The Morgan fingerprint density at radius 1 is 1.36 bits per heavy atom. The van der Waals surface area contributed by atoms with E-state index in [2.05, 4.69) is 10.6 Å². The van der Waals surface area contributed by atoms with Crippen LogP contribution in [0.5, 0.6) is 0 Å². The lowest BCUT2D eigenvalue weighted by Gasteiger charge is -2.12. The second-order valence-electron chi connectivity index (χ2n) is 2.78. The van der Waals surface area contributed by atoms with E-state index < -0.39 is 6.03 Å². The predicted octanol–water partition coefficient (Wildman–Crippen LogP) is 1.82. The van der Waals surface area contributed by atoms with Crippen molar-refractivity contribution in [3.8, 4) is 0 Å². The number of carbonyl (C=O) groups excluding carboxylic acids is 1. The van der Waals surface area contributed by atoms with Gasteiger partial charge in [0.25, 0.3) is 0 Å². The Bertz CT molecular complexity index is 334. The summed E-state index contributed by atoms with van der Waals surface area (Å²) in [7, 11) is 1.44. The summed E-state index contributed by atoms with van der Waals surface area (Å²) in [5.74, 6) is 0. The van der Waals surface area contributed by atoms with Gasteiger partial charge in [-0.1, -0.05) is 17.7 Å². The van der Waals surface area contributed by atoms with Crippen LogP contribution >= 0.6 is 0 Å². The van der Waals surface area contributed by atoms with Gasteiger partial charge in [-0.15, -0.1) is 9.92 Å². The van der Waals surface area contributed by atoms with Gasteiger partial charge in [-0.3, -0.25) is 0 Å². The maximum Gasteiger partial charge on any atom is 0.344 e. The molecule has 0 radical (unpaired) electrons. The van der Waals surface area contributed by atoms with E-state index >= 15 is 0 Å². The predicted molar refractivity (Wildman–Crippen MR) is 53.9 cm³/mol. The van der Waals surface area contributed by atoms with E-state index in [4.69, 9.17) is 0 Å². The molecule has 5 heteroatoms. The fraction of sp³-hybridized carbons (Fsp3) is 0.222. The van der Waals surface area contributed by atoms with E-state index in [1.807, 2.05) is 6.92 Å². The van der Waals surface area contributed by atoms with Crippen molar-refractivity contribution >= 4 is 11.7 Å². The molecule has 0 aliphatic carbocycles. The third-order valence-electron chi connectivity index (χ3n) is 1.77. The summed E-state index contributed by atoms with van der Waals surface area (Å²) in [5, 5.41) is 5.72. The van der Waals surface area contributed by atoms with E-state index in [9.17, 15) is 9.70 Å². The highest BCUT2D eigenvalue weighted by molar-refractivity contribution is 5.90. The third-order valence-corrected chi connectivity index (χ3v) is 1.77. The van der Waals surface area contributed by atoms with Gasteiger partial charge in [0, 0.05) is 7.05 Å². The number of nitroso groups, excluding NO2 is 1. The molecule has 0 fully saturated rings. The van der Waals surface area contributed by atoms with Crippen molar-refractivity contribution in [1.29, 1.82) is 0 Å². The normalized spacial score (nSPS) is 9.29. The van der Waals surface area contributed by atoms with Gasteiger partial charge in [0.1, 0.15) is 0 Å². The Morgan fingerprint density at radius 2 is 1.93 bits per heavy atom. The average molecular weight is 193 g/mol. The average Bonchev–Trinajstić information content (AvgIpc) is 2.21. The number of anilines is 1. The van der Waals surface area contributed by atoms with E-state index in [0.717, 1.165) is 10.6 Å². The lowest BCUT2D eigenvalue weighted by Crippen LogP contribution is -2.33. The molecular formula is C9H11N3O2. The molecule has 2 amide bonds. The molecule has 5 nitrogen and oxygen atoms in total. The van der Waals surface area contributed by atoms with Gasteiger partial charge in [0.05, 0.1) is 11.0 Å². The Kier molecular flexibility index (Phi) is 3.17. The maximum atomic E-state index is 11.1. The highest BCUT2D eigenvalue weighted by Gasteiger charge is 2.13. The zero-order chi connectivity index (χ0) is 10.6.